The van der Waals surface area contributed by atoms with E-state index in [2.05, 4.69) is 20.6 Å². The number of hydrogen-bond acceptors (Lipinski definition) is 5. The van der Waals surface area contributed by atoms with Gasteiger partial charge in [-0.1, -0.05) is 6.07 Å². The Balaban J connectivity index is 2.24. The number of rotatable bonds is 3. The van der Waals surface area contributed by atoms with Crippen LogP contribution in [0.25, 0.3) is 0 Å². The standard InChI is InChI=1S/C14H13N5O/c1-9-6-13(8-15)19-14(16-9)18-12-5-3-4-11(7-12)17-10(2)20/h3-7H,1-2H3,(H,17,20)(H,16,18,19). The Kier molecular flexibility index (Phi) is 3.91. The lowest BCUT2D eigenvalue weighted by Crippen LogP contribution is -2.06. The minimum Gasteiger partial charge on any atom is -0.326 e. The van der Waals surface area contributed by atoms with E-state index in [9.17, 15) is 4.79 Å². The third-order valence-corrected chi connectivity index (χ3v) is 2.41. The van der Waals surface area contributed by atoms with Gasteiger partial charge in [-0.3, -0.25) is 4.79 Å². The molecule has 2 aromatic rings. The number of nitriles is 1. The molecule has 1 amide bonds. The van der Waals surface area contributed by atoms with E-state index in [1.54, 1.807) is 31.2 Å². The van der Waals surface area contributed by atoms with Crippen molar-refractivity contribution in [3.05, 3.63) is 41.7 Å². The van der Waals surface area contributed by atoms with E-state index in [1.807, 2.05) is 12.1 Å². The van der Waals surface area contributed by atoms with Crippen LogP contribution in [-0.2, 0) is 4.79 Å². The normalized spacial score (nSPS) is 9.65. The number of aromatic nitrogens is 2. The van der Waals surface area contributed by atoms with Crippen LogP contribution in [-0.4, -0.2) is 15.9 Å². The van der Waals surface area contributed by atoms with E-state index < -0.39 is 0 Å². The summed E-state index contributed by atoms with van der Waals surface area (Å²) in [4.78, 5) is 19.3. The van der Waals surface area contributed by atoms with Gasteiger partial charge in [0, 0.05) is 24.0 Å². The van der Waals surface area contributed by atoms with E-state index >= 15 is 0 Å². The summed E-state index contributed by atoms with van der Waals surface area (Å²) in [7, 11) is 0. The van der Waals surface area contributed by atoms with Crippen LogP contribution in [0.1, 0.15) is 18.3 Å². The Morgan fingerprint density at radius 1 is 1.25 bits per heavy atom. The van der Waals surface area contributed by atoms with Gasteiger partial charge in [-0.25, -0.2) is 9.97 Å². The number of nitrogens with zero attached hydrogens (tertiary/aromatic N) is 3. The van der Waals surface area contributed by atoms with Crippen molar-refractivity contribution >= 4 is 23.2 Å². The summed E-state index contributed by atoms with van der Waals surface area (Å²) < 4.78 is 0. The second-order valence-electron chi connectivity index (χ2n) is 4.22. The van der Waals surface area contributed by atoms with Crippen LogP contribution >= 0.6 is 0 Å². The van der Waals surface area contributed by atoms with Crippen molar-refractivity contribution in [1.29, 1.82) is 5.26 Å². The molecule has 0 saturated carbocycles. The second kappa shape index (κ2) is 5.80. The number of amides is 1. The van der Waals surface area contributed by atoms with Gasteiger partial charge in [0.1, 0.15) is 11.8 Å². The fraction of sp³-hybridized carbons (Fsp3) is 0.143. The molecular weight excluding hydrogens is 254 g/mol. The molecule has 1 aromatic heterocycles. The van der Waals surface area contributed by atoms with E-state index in [0.717, 1.165) is 5.69 Å². The van der Waals surface area contributed by atoms with Crippen molar-refractivity contribution < 1.29 is 4.79 Å². The molecule has 6 heteroatoms. The third kappa shape index (κ3) is 3.53. The SMILES string of the molecule is CC(=O)Nc1cccc(Nc2nc(C)cc(C#N)n2)c1. The molecule has 0 aliphatic carbocycles. The highest BCUT2D eigenvalue weighted by Gasteiger charge is 2.03. The van der Waals surface area contributed by atoms with Crippen LogP contribution in [0.2, 0.25) is 0 Å². The molecule has 0 radical (unpaired) electrons. The molecule has 20 heavy (non-hydrogen) atoms. The molecule has 0 unspecified atom stereocenters. The van der Waals surface area contributed by atoms with Crippen molar-refractivity contribution in [2.45, 2.75) is 13.8 Å². The van der Waals surface area contributed by atoms with Gasteiger partial charge in [-0.2, -0.15) is 5.26 Å². The minimum absolute atomic E-state index is 0.138. The Bertz CT molecular complexity index is 690. The average Bonchev–Trinajstić information content (AvgIpc) is 2.37. The summed E-state index contributed by atoms with van der Waals surface area (Å²) in [6.07, 6.45) is 0. The maximum atomic E-state index is 11.0. The Hall–Kier alpha value is -2.94. The first-order chi connectivity index (χ1) is 9.56. The van der Waals surface area contributed by atoms with Crippen molar-refractivity contribution in [2.75, 3.05) is 10.6 Å². The number of benzene rings is 1. The maximum Gasteiger partial charge on any atom is 0.228 e. The molecular formula is C14H13N5O. The molecule has 0 bridgehead atoms. The molecule has 0 saturated heterocycles. The molecule has 2 N–H and O–H groups in total. The Morgan fingerprint density at radius 2 is 2.00 bits per heavy atom. The molecule has 0 spiro atoms. The van der Waals surface area contributed by atoms with Crippen molar-refractivity contribution in [3.63, 3.8) is 0 Å². The average molecular weight is 267 g/mol. The van der Waals surface area contributed by atoms with Crippen LogP contribution in [0.15, 0.2) is 30.3 Å². The molecule has 1 heterocycles. The van der Waals surface area contributed by atoms with E-state index in [4.69, 9.17) is 5.26 Å². The monoisotopic (exact) mass is 267 g/mol. The summed E-state index contributed by atoms with van der Waals surface area (Å²) in [5.74, 6) is 0.210. The topological polar surface area (TPSA) is 90.7 Å². The van der Waals surface area contributed by atoms with Crippen LogP contribution in [0.4, 0.5) is 17.3 Å². The Labute approximate surface area is 116 Å². The Morgan fingerprint density at radius 3 is 2.70 bits per heavy atom. The lowest BCUT2D eigenvalue weighted by Gasteiger charge is -2.08. The van der Waals surface area contributed by atoms with Gasteiger partial charge in [0.25, 0.3) is 0 Å². The van der Waals surface area contributed by atoms with Crippen LogP contribution in [0, 0.1) is 18.3 Å². The van der Waals surface area contributed by atoms with Gasteiger partial charge in [0.15, 0.2) is 0 Å². The van der Waals surface area contributed by atoms with E-state index in [0.29, 0.717) is 23.0 Å². The zero-order chi connectivity index (χ0) is 14.5. The van der Waals surface area contributed by atoms with Crippen LogP contribution in [0.3, 0.4) is 0 Å². The largest absolute Gasteiger partial charge is 0.326 e. The number of hydrogen-bond donors (Lipinski definition) is 2. The van der Waals surface area contributed by atoms with E-state index in [-0.39, 0.29) is 5.91 Å². The molecule has 0 atom stereocenters. The molecule has 6 nitrogen and oxygen atoms in total. The minimum atomic E-state index is -0.138. The maximum absolute atomic E-state index is 11.0. The van der Waals surface area contributed by atoms with Gasteiger partial charge in [0.2, 0.25) is 11.9 Å². The zero-order valence-electron chi connectivity index (χ0n) is 11.1. The first kappa shape index (κ1) is 13.5. The second-order valence-corrected chi connectivity index (χ2v) is 4.22. The first-order valence-electron chi connectivity index (χ1n) is 5.97. The van der Waals surface area contributed by atoms with Gasteiger partial charge in [-0.15, -0.1) is 0 Å². The molecule has 100 valence electrons. The first-order valence-corrected chi connectivity index (χ1v) is 5.97. The number of carbonyl (C=O) groups is 1. The summed E-state index contributed by atoms with van der Waals surface area (Å²) >= 11 is 0. The molecule has 2 rings (SSSR count). The highest BCUT2D eigenvalue weighted by molar-refractivity contribution is 5.89. The number of anilines is 3. The number of carbonyl (C=O) groups excluding carboxylic acids is 1. The summed E-state index contributed by atoms with van der Waals surface area (Å²) in [6.45, 7) is 3.24. The van der Waals surface area contributed by atoms with Crippen LogP contribution < -0.4 is 10.6 Å². The van der Waals surface area contributed by atoms with Gasteiger partial charge in [-0.05, 0) is 31.2 Å². The predicted molar refractivity (Wildman–Crippen MR) is 75.5 cm³/mol. The lowest BCUT2D eigenvalue weighted by atomic mass is 10.2. The van der Waals surface area contributed by atoms with Gasteiger partial charge < -0.3 is 10.6 Å². The molecule has 0 aliphatic heterocycles. The molecule has 1 aromatic carbocycles. The predicted octanol–water partition coefficient (Wildman–Crippen LogP) is 2.36. The van der Waals surface area contributed by atoms with E-state index in [1.165, 1.54) is 6.92 Å². The summed E-state index contributed by atoms with van der Waals surface area (Å²) in [6, 6.07) is 10.8. The fourth-order valence-corrected chi connectivity index (χ4v) is 1.69. The fourth-order valence-electron chi connectivity index (χ4n) is 1.69. The van der Waals surface area contributed by atoms with Crippen LogP contribution in [0.5, 0.6) is 0 Å². The molecule has 0 aliphatic rings. The van der Waals surface area contributed by atoms with Gasteiger partial charge >= 0.3 is 0 Å². The van der Waals surface area contributed by atoms with Gasteiger partial charge in [0.05, 0.1) is 0 Å². The lowest BCUT2D eigenvalue weighted by molar-refractivity contribution is -0.114. The van der Waals surface area contributed by atoms with Crippen molar-refractivity contribution in [1.82, 2.24) is 9.97 Å². The third-order valence-electron chi connectivity index (χ3n) is 2.41. The quantitative estimate of drug-likeness (QED) is 0.890. The highest BCUT2D eigenvalue weighted by Crippen LogP contribution is 2.18. The highest BCUT2D eigenvalue weighted by atomic mass is 16.1. The zero-order valence-corrected chi connectivity index (χ0v) is 11.1. The summed E-state index contributed by atoms with van der Waals surface area (Å²) in [5, 5.41) is 14.6. The number of nitrogens with one attached hydrogen (secondary N) is 2. The van der Waals surface area contributed by atoms with Crippen molar-refractivity contribution in [2.24, 2.45) is 0 Å². The molecule has 0 fully saturated rings. The number of aryl methyl sites for hydroxylation is 1. The van der Waals surface area contributed by atoms with Crippen molar-refractivity contribution in [3.8, 4) is 6.07 Å². The summed E-state index contributed by atoms with van der Waals surface area (Å²) in [5.41, 5.74) is 2.41. The smallest absolute Gasteiger partial charge is 0.228 e.